The average molecular weight is 274 g/mol. The van der Waals surface area contributed by atoms with Crippen LogP contribution in [-0.4, -0.2) is 75.0 Å². The van der Waals surface area contributed by atoms with Gasteiger partial charge in [-0.25, -0.2) is 4.79 Å². The van der Waals surface area contributed by atoms with Gasteiger partial charge < -0.3 is 25.1 Å². The van der Waals surface area contributed by atoms with Crippen LogP contribution >= 0.6 is 0 Å². The van der Waals surface area contributed by atoms with Gasteiger partial charge in [0.1, 0.15) is 0 Å². The van der Waals surface area contributed by atoms with Crippen LogP contribution in [-0.2, 0) is 4.79 Å². The van der Waals surface area contributed by atoms with Crippen molar-refractivity contribution < 1.29 is 24.9 Å². The lowest BCUT2D eigenvalue weighted by Crippen LogP contribution is -2.46. The molecule has 2 unspecified atom stereocenters. The SMILES string of the molecule is CC(C)N(CCCC(=O)O)C(=O)N1CC(O)C(O)C1. The van der Waals surface area contributed by atoms with E-state index in [0.717, 1.165) is 0 Å². The molecule has 110 valence electrons. The molecule has 0 bridgehead atoms. The molecule has 0 aliphatic carbocycles. The van der Waals surface area contributed by atoms with Gasteiger partial charge in [-0.3, -0.25) is 4.79 Å². The molecule has 2 atom stereocenters. The van der Waals surface area contributed by atoms with Crippen LogP contribution in [0, 0.1) is 0 Å². The summed E-state index contributed by atoms with van der Waals surface area (Å²) in [7, 11) is 0. The van der Waals surface area contributed by atoms with Crippen molar-refractivity contribution >= 4 is 12.0 Å². The van der Waals surface area contributed by atoms with Gasteiger partial charge in [-0.15, -0.1) is 0 Å². The van der Waals surface area contributed by atoms with Crippen molar-refractivity contribution in [2.24, 2.45) is 0 Å². The zero-order chi connectivity index (χ0) is 14.6. The van der Waals surface area contributed by atoms with E-state index in [9.17, 15) is 19.8 Å². The van der Waals surface area contributed by atoms with E-state index in [2.05, 4.69) is 0 Å². The highest BCUT2D eigenvalue weighted by Gasteiger charge is 2.35. The van der Waals surface area contributed by atoms with Crippen LogP contribution in [0.15, 0.2) is 0 Å². The third-order valence-electron chi connectivity index (χ3n) is 3.19. The number of likely N-dealkylation sites (tertiary alicyclic amines) is 1. The number of aliphatic hydroxyl groups is 2. The Balaban J connectivity index is 2.56. The first kappa shape index (κ1) is 15.7. The normalized spacial score (nSPS) is 22.9. The predicted molar refractivity (Wildman–Crippen MR) is 67.7 cm³/mol. The van der Waals surface area contributed by atoms with E-state index in [-0.39, 0.29) is 31.6 Å². The van der Waals surface area contributed by atoms with Gasteiger partial charge in [-0.1, -0.05) is 0 Å². The summed E-state index contributed by atoms with van der Waals surface area (Å²) in [5, 5.41) is 27.5. The summed E-state index contributed by atoms with van der Waals surface area (Å²) >= 11 is 0. The molecule has 0 aromatic rings. The Kier molecular flexibility index (Phi) is 5.56. The van der Waals surface area contributed by atoms with Gasteiger partial charge in [0, 0.05) is 19.0 Å². The number of hydrogen-bond donors (Lipinski definition) is 3. The van der Waals surface area contributed by atoms with Crippen molar-refractivity contribution in [3.05, 3.63) is 0 Å². The van der Waals surface area contributed by atoms with Crippen LogP contribution in [0.3, 0.4) is 0 Å². The Hall–Kier alpha value is -1.34. The lowest BCUT2D eigenvalue weighted by molar-refractivity contribution is -0.137. The minimum Gasteiger partial charge on any atom is -0.481 e. The van der Waals surface area contributed by atoms with E-state index in [0.29, 0.717) is 13.0 Å². The second-order valence-electron chi connectivity index (χ2n) is 5.11. The molecular formula is C12H22N2O5. The summed E-state index contributed by atoms with van der Waals surface area (Å²) in [5.41, 5.74) is 0. The van der Waals surface area contributed by atoms with Crippen LogP contribution in [0.5, 0.6) is 0 Å². The fraction of sp³-hybridized carbons (Fsp3) is 0.833. The van der Waals surface area contributed by atoms with Gasteiger partial charge in [0.05, 0.1) is 25.3 Å². The summed E-state index contributed by atoms with van der Waals surface area (Å²) in [6.07, 6.45) is -1.41. The number of carboxylic acids is 1. The first-order valence-electron chi connectivity index (χ1n) is 6.46. The first-order chi connectivity index (χ1) is 8.82. The number of nitrogens with zero attached hydrogens (tertiary/aromatic N) is 2. The molecule has 7 nitrogen and oxygen atoms in total. The number of aliphatic carboxylic acids is 1. The first-order valence-corrected chi connectivity index (χ1v) is 6.46. The van der Waals surface area contributed by atoms with Crippen LogP contribution in [0.4, 0.5) is 4.79 Å². The standard InChI is InChI=1S/C12H22N2O5/c1-8(2)14(5-3-4-11(17)18)12(19)13-6-9(15)10(16)7-13/h8-10,15-16H,3-7H2,1-2H3,(H,17,18). The highest BCUT2D eigenvalue weighted by molar-refractivity contribution is 5.75. The lowest BCUT2D eigenvalue weighted by Gasteiger charge is -2.31. The molecule has 0 saturated carbocycles. The molecule has 19 heavy (non-hydrogen) atoms. The van der Waals surface area contributed by atoms with E-state index in [1.807, 2.05) is 13.8 Å². The van der Waals surface area contributed by atoms with Crippen LogP contribution in [0.1, 0.15) is 26.7 Å². The maximum Gasteiger partial charge on any atom is 0.320 e. The molecule has 3 N–H and O–H groups in total. The number of hydrogen-bond acceptors (Lipinski definition) is 4. The third-order valence-corrected chi connectivity index (χ3v) is 3.19. The van der Waals surface area contributed by atoms with Crippen molar-refractivity contribution in [1.82, 2.24) is 9.80 Å². The topological polar surface area (TPSA) is 101 Å². The van der Waals surface area contributed by atoms with Gasteiger partial charge in [0.25, 0.3) is 0 Å². The minimum atomic E-state index is -0.906. The van der Waals surface area contributed by atoms with Crippen molar-refractivity contribution in [2.75, 3.05) is 19.6 Å². The zero-order valence-corrected chi connectivity index (χ0v) is 11.3. The molecule has 2 amide bonds. The fourth-order valence-electron chi connectivity index (χ4n) is 2.08. The highest BCUT2D eigenvalue weighted by Crippen LogP contribution is 2.14. The van der Waals surface area contributed by atoms with E-state index in [1.54, 1.807) is 4.90 Å². The molecular weight excluding hydrogens is 252 g/mol. The molecule has 1 fully saturated rings. The Morgan fingerprint density at radius 3 is 2.21 bits per heavy atom. The number of urea groups is 1. The van der Waals surface area contributed by atoms with Crippen LogP contribution in [0.25, 0.3) is 0 Å². The van der Waals surface area contributed by atoms with E-state index in [4.69, 9.17) is 5.11 Å². The van der Waals surface area contributed by atoms with Crippen LogP contribution in [0.2, 0.25) is 0 Å². The van der Waals surface area contributed by atoms with Gasteiger partial charge in [0.15, 0.2) is 0 Å². The molecule has 0 spiro atoms. The van der Waals surface area contributed by atoms with Gasteiger partial charge in [-0.05, 0) is 20.3 Å². The fourth-order valence-corrected chi connectivity index (χ4v) is 2.08. The Morgan fingerprint density at radius 2 is 1.79 bits per heavy atom. The molecule has 0 aromatic heterocycles. The Labute approximate surface area is 112 Å². The van der Waals surface area contributed by atoms with Crippen molar-refractivity contribution in [3.63, 3.8) is 0 Å². The van der Waals surface area contributed by atoms with Crippen molar-refractivity contribution in [1.29, 1.82) is 0 Å². The second kappa shape index (κ2) is 6.72. The molecule has 1 rings (SSSR count). The number of β-amino-alcohol motifs (C(OH)–C–C–N with tert-alkyl or cyclic N) is 2. The summed E-state index contributed by atoms with van der Waals surface area (Å²) in [5.74, 6) is -0.886. The van der Waals surface area contributed by atoms with Gasteiger partial charge in [0.2, 0.25) is 0 Å². The molecule has 1 aliphatic rings. The van der Waals surface area contributed by atoms with E-state index in [1.165, 1.54) is 4.90 Å². The molecule has 0 aromatic carbocycles. The highest BCUT2D eigenvalue weighted by atomic mass is 16.4. The molecule has 1 aliphatic heterocycles. The lowest BCUT2D eigenvalue weighted by atomic mass is 10.2. The smallest absolute Gasteiger partial charge is 0.320 e. The predicted octanol–water partition coefficient (Wildman–Crippen LogP) is -0.281. The maximum atomic E-state index is 12.2. The number of aliphatic hydroxyl groups excluding tert-OH is 2. The van der Waals surface area contributed by atoms with Gasteiger partial charge >= 0.3 is 12.0 Å². The molecule has 1 saturated heterocycles. The Morgan fingerprint density at radius 1 is 1.26 bits per heavy atom. The quantitative estimate of drug-likeness (QED) is 0.640. The van der Waals surface area contributed by atoms with E-state index < -0.39 is 18.2 Å². The number of carbonyl (C=O) groups excluding carboxylic acids is 1. The summed E-state index contributed by atoms with van der Waals surface area (Å²) < 4.78 is 0. The average Bonchev–Trinajstić information content (AvgIpc) is 2.63. The zero-order valence-electron chi connectivity index (χ0n) is 11.3. The summed E-state index contributed by atoms with van der Waals surface area (Å²) in [6, 6.07) is -0.327. The van der Waals surface area contributed by atoms with E-state index >= 15 is 0 Å². The Bertz CT molecular complexity index is 324. The molecule has 1 heterocycles. The molecule has 0 radical (unpaired) electrons. The number of carboxylic acid groups (broad SMARTS) is 1. The van der Waals surface area contributed by atoms with Crippen LogP contribution < -0.4 is 0 Å². The minimum absolute atomic E-state index is 0.0156. The van der Waals surface area contributed by atoms with Crippen molar-refractivity contribution in [2.45, 2.75) is 44.9 Å². The number of carbonyl (C=O) groups is 2. The summed E-state index contributed by atoms with van der Waals surface area (Å²) in [4.78, 5) is 25.7. The second-order valence-corrected chi connectivity index (χ2v) is 5.11. The maximum absolute atomic E-state index is 12.2. The van der Waals surface area contributed by atoms with Gasteiger partial charge in [-0.2, -0.15) is 0 Å². The largest absolute Gasteiger partial charge is 0.481 e. The number of rotatable bonds is 5. The number of amides is 2. The monoisotopic (exact) mass is 274 g/mol. The third kappa shape index (κ3) is 4.36. The molecule has 7 heteroatoms. The van der Waals surface area contributed by atoms with Crippen molar-refractivity contribution in [3.8, 4) is 0 Å². The summed E-state index contributed by atoms with van der Waals surface area (Å²) in [6.45, 7) is 4.28.